The van der Waals surface area contributed by atoms with E-state index in [1.807, 2.05) is 66.1 Å². The van der Waals surface area contributed by atoms with Crippen LogP contribution in [0.5, 0.6) is 5.75 Å². The lowest BCUT2D eigenvalue weighted by Gasteiger charge is -2.23. The number of allylic oxidation sites excluding steroid dienone is 1. The second kappa shape index (κ2) is 11.1. The molecule has 0 unspecified atom stereocenters. The molecule has 3 aromatic carbocycles. The molecule has 0 saturated carbocycles. The summed E-state index contributed by atoms with van der Waals surface area (Å²) in [5.74, 6) is 0.300. The molecule has 1 aliphatic heterocycles. The third-order valence-corrected chi connectivity index (χ3v) is 8.69. The first-order valence-electron chi connectivity index (χ1n) is 13.0. The van der Waals surface area contributed by atoms with Gasteiger partial charge in [-0.2, -0.15) is 0 Å². The molecule has 6 rings (SSSR count). The van der Waals surface area contributed by atoms with E-state index in [-0.39, 0.29) is 12.2 Å². The van der Waals surface area contributed by atoms with Crippen LogP contribution in [-0.4, -0.2) is 17.1 Å². The molecule has 2 aromatic heterocycles. The lowest BCUT2D eigenvalue weighted by atomic mass is 10.0. The van der Waals surface area contributed by atoms with Crippen LogP contribution in [0.3, 0.4) is 0 Å². The molecule has 0 spiro atoms. The first kappa shape index (κ1) is 26.0. The number of benzene rings is 3. The van der Waals surface area contributed by atoms with Gasteiger partial charge in [-0.3, -0.25) is 9.36 Å². The lowest BCUT2D eigenvalue weighted by molar-refractivity contribution is -0.139. The number of ether oxygens (including phenoxy) is 2. The van der Waals surface area contributed by atoms with Gasteiger partial charge in [0.15, 0.2) is 4.80 Å². The highest BCUT2D eigenvalue weighted by Crippen LogP contribution is 2.33. The Labute approximate surface area is 238 Å². The van der Waals surface area contributed by atoms with Crippen molar-refractivity contribution in [2.75, 3.05) is 6.61 Å². The number of thiophene rings is 1. The Balaban J connectivity index is 1.29. The Morgan fingerprint density at radius 2 is 1.82 bits per heavy atom. The van der Waals surface area contributed by atoms with Crippen LogP contribution in [0.4, 0.5) is 0 Å². The van der Waals surface area contributed by atoms with Gasteiger partial charge >= 0.3 is 5.97 Å². The molecule has 200 valence electrons. The number of carbonyl (C=O) groups is 1. The molecule has 1 atom stereocenters. The van der Waals surface area contributed by atoms with Crippen molar-refractivity contribution in [1.82, 2.24) is 4.57 Å². The fraction of sp³-hybridized carbons (Fsp3) is 0.156. The van der Waals surface area contributed by atoms with Crippen molar-refractivity contribution in [3.63, 3.8) is 0 Å². The SMILES string of the molecule is CCOC(=O)C1=C(C)N=c2s/c(=C/c3ccc(OCc4cccc5ccccc45)cc3)c(=O)n2[C@H]1c1cccs1. The number of thiazole rings is 1. The first-order chi connectivity index (χ1) is 19.5. The molecular weight excluding hydrogens is 540 g/mol. The molecule has 0 fully saturated rings. The lowest BCUT2D eigenvalue weighted by Crippen LogP contribution is -2.39. The number of hydrogen-bond donors (Lipinski definition) is 0. The summed E-state index contributed by atoms with van der Waals surface area (Å²) < 4.78 is 13.6. The predicted octanol–water partition coefficient (Wildman–Crippen LogP) is 5.59. The van der Waals surface area contributed by atoms with Crippen LogP contribution >= 0.6 is 22.7 Å². The van der Waals surface area contributed by atoms with E-state index in [2.05, 4.69) is 29.3 Å². The Morgan fingerprint density at radius 1 is 1.02 bits per heavy atom. The highest BCUT2D eigenvalue weighted by molar-refractivity contribution is 7.10. The Morgan fingerprint density at radius 3 is 2.60 bits per heavy atom. The molecule has 40 heavy (non-hydrogen) atoms. The number of hydrogen-bond acceptors (Lipinski definition) is 7. The Bertz CT molecular complexity index is 1910. The van der Waals surface area contributed by atoms with Gasteiger partial charge in [-0.05, 0) is 65.4 Å². The summed E-state index contributed by atoms with van der Waals surface area (Å²) in [5, 5.41) is 4.30. The van der Waals surface area contributed by atoms with Crippen molar-refractivity contribution in [1.29, 1.82) is 0 Å². The van der Waals surface area contributed by atoms with E-state index in [0.717, 1.165) is 21.8 Å². The monoisotopic (exact) mass is 566 g/mol. The average Bonchev–Trinajstić information content (AvgIpc) is 3.60. The minimum absolute atomic E-state index is 0.187. The van der Waals surface area contributed by atoms with Crippen LogP contribution < -0.4 is 19.6 Å². The van der Waals surface area contributed by atoms with Crippen molar-refractivity contribution >= 4 is 45.5 Å². The largest absolute Gasteiger partial charge is 0.489 e. The zero-order valence-corrected chi connectivity index (χ0v) is 23.6. The number of carbonyl (C=O) groups excluding carboxylic acids is 1. The molecule has 0 saturated heterocycles. The maximum atomic E-state index is 13.7. The van der Waals surface area contributed by atoms with E-state index < -0.39 is 12.0 Å². The second-order valence-electron chi connectivity index (χ2n) is 9.31. The first-order valence-corrected chi connectivity index (χ1v) is 14.7. The van der Waals surface area contributed by atoms with Gasteiger partial charge in [0.05, 0.1) is 22.4 Å². The maximum absolute atomic E-state index is 13.7. The minimum atomic E-state index is -0.567. The van der Waals surface area contributed by atoms with Crippen LogP contribution in [0, 0.1) is 0 Å². The van der Waals surface area contributed by atoms with Crippen molar-refractivity contribution < 1.29 is 14.3 Å². The van der Waals surface area contributed by atoms with Crippen molar-refractivity contribution in [2.45, 2.75) is 26.5 Å². The molecule has 6 nitrogen and oxygen atoms in total. The van der Waals surface area contributed by atoms with E-state index in [1.54, 1.807) is 18.4 Å². The number of rotatable bonds is 7. The van der Waals surface area contributed by atoms with Gasteiger partial charge in [0.2, 0.25) is 0 Å². The van der Waals surface area contributed by atoms with E-state index in [1.165, 1.54) is 33.4 Å². The molecule has 8 heteroatoms. The number of fused-ring (bicyclic) bond motifs is 2. The Hall–Kier alpha value is -4.27. The third kappa shape index (κ3) is 4.92. The molecule has 1 aliphatic rings. The number of esters is 1. The van der Waals surface area contributed by atoms with E-state index in [4.69, 9.17) is 9.47 Å². The van der Waals surface area contributed by atoms with Crippen molar-refractivity contribution in [2.24, 2.45) is 4.99 Å². The molecule has 3 heterocycles. The van der Waals surface area contributed by atoms with Crippen LogP contribution in [0.15, 0.2) is 105 Å². The van der Waals surface area contributed by atoms with Gasteiger partial charge in [0.1, 0.15) is 18.4 Å². The van der Waals surface area contributed by atoms with Crippen LogP contribution in [0.2, 0.25) is 0 Å². The van der Waals surface area contributed by atoms with Crippen molar-refractivity contribution in [3.05, 3.63) is 131 Å². The zero-order valence-electron chi connectivity index (χ0n) is 22.0. The minimum Gasteiger partial charge on any atom is -0.489 e. The van der Waals surface area contributed by atoms with E-state index >= 15 is 0 Å². The third-order valence-electron chi connectivity index (χ3n) is 6.78. The topological polar surface area (TPSA) is 69.9 Å². The highest BCUT2D eigenvalue weighted by Gasteiger charge is 2.33. The molecule has 0 aliphatic carbocycles. The van der Waals surface area contributed by atoms with Gasteiger partial charge in [-0.15, -0.1) is 11.3 Å². The molecular formula is C32H26N2O4S2. The summed E-state index contributed by atoms with van der Waals surface area (Å²) in [7, 11) is 0. The van der Waals surface area contributed by atoms with Crippen LogP contribution in [0.1, 0.15) is 35.9 Å². The summed E-state index contributed by atoms with van der Waals surface area (Å²) >= 11 is 2.82. The fourth-order valence-electron chi connectivity index (χ4n) is 4.90. The summed E-state index contributed by atoms with van der Waals surface area (Å²) in [5.41, 5.74) is 2.78. The van der Waals surface area contributed by atoms with Gasteiger partial charge < -0.3 is 9.47 Å². The van der Waals surface area contributed by atoms with Gasteiger partial charge in [0.25, 0.3) is 5.56 Å². The smallest absolute Gasteiger partial charge is 0.338 e. The predicted molar refractivity (Wildman–Crippen MR) is 159 cm³/mol. The van der Waals surface area contributed by atoms with Gasteiger partial charge in [-0.1, -0.05) is 72.0 Å². The summed E-state index contributed by atoms with van der Waals surface area (Å²) in [6.07, 6.45) is 1.85. The van der Waals surface area contributed by atoms with Gasteiger partial charge in [0, 0.05) is 4.88 Å². The second-order valence-corrected chi connectivity index (χ2v) is 11.3. The van der Waals surface area contributed by atoms with E-state index in [9.17, 15) is 9.59 Å². The number of aromatic nitrogens is 1. The molecule has 5 aromatic rings. The number of nitrogens with zero attached hydrogens (tertiary/aromatic N) is 2. The summed E-state index contributed by atoms with van der Waals surface area (Å²) in [6, 6.07) is 25.4. The molecule has 0 amide bonds. The van der Waals surface area contributed by atoms with Gasteiger partial charge in [-0.25, -0.2) is 9.79 Å². The molecule has 0 N–H and O–H groups in total. The normalized spacial score (nSPS) is 15.2. The average molecular weight is 567 g/mol. The zero-order chi connectivity index (χ0) is 27.6. The molecule has 0 radical (unpaired) electrons. The quantitative estimate of drug-likeness (QED) is 0.241. The summed E-state index contributed by atoms with van der Waals surface area (Å²) in [6.45, 7) is 4.27. The molecule has 0 bridgehead atoms. The Kier molecular flexibility index (Phi) is 7.19. The van der Waals surface area contributed by atoms with E-state index in [0.29, 0.717) is 27.2 Å². The van der Waals surface area contributed by atoms with Crippen molar-refractivity contribution in [3.8, 4) is 5.75 Å². The van der Waals surface area contributed by atoms with Crippen LogP contribution in [0.25, 0.3) is 16.8 Å². The standard InChI is InChI=1S/C32H26N2O4S2/c1-3-37-31(36)28-20(2)33-32-34(29(28)26-12-7-17-39-26)30(35)27(40-32)18-21-13-15-24(16-14-21)38-19-23-10-6-9-22-8-4-5-11-25(22)23/h4-18,29H,3,19H2,1-2H3/b27-18+/t29-/m0/s1. The maximum Gasteiger partial charge on any atom is 0.338 e. The summed E-state index contributed by atoms with van der Waals surface area (Å²) in [4.78, 5) is 32.7. The van der Waals surface area contributed by atoms with Crippen LogP contribution in [-0.2, 0) is 16.1 Å². The highest BCUT2D eigenvalue weighted by atomic mass is 32.1. The fourth-order valence-corrected chi connectivity index (χ4v) is 6.77.